The van der Waals surface area contributed by atoms with Crippen LogP contribution < -0.4 is 5.32 Å². The summed E-state index contributed by atoms with van der Waals surface area (Å²) >= 11 is 0. The quantitative estimate of drug-likeness (QED) is 0.637. The van der Waals surface area contributed by atoms with Crippen LogP contribution in [0.3, 0.4) is 0 Å². The molecule has 3 heteroatoms. The second kappa shape index (κ2) is 5.02. The number of allylic oxidation sites excluding steroid dienone is 1. The van der Waals surface area contributed by atoms with Crippen LogP contribution in [-0.2, 0) is 4.79 Å². The third-order valence-electron chi connectivity index (χ3n) is 2.54. The Bertz CT molecular complexity index is 191. The Kier molecular flexibility index (Phi) is 3.96. The van der Waals surface area contributed by atoms with Gasteiger partial charge >= 0.3 is 0 Å². The van der Waals surface area contributed by atoms with Crippen molar-refractivity contribution in [3.8, 4) is 0 Å². The van der Waals surface area contributed by atoms with Gasteiger partial charge < -0.3 is 10.4 Å². The Morgan fingerprint density at radius 3 is 2.69 bits per heavy atom. The lowest BCUT2D eigenvalue weighted by molar-refractivity contribution is -0.124. The monoisotopic (exact) mass is 183 g/mol. The molecule has 0 bridgehead atoms. The highest BCUT2D eigenvalue weighted by Gasteiger charge is 2.15. The van der Waals surface area contributed by atoms with E-state index in [0.29, 0.717) is 12.5 Å². The molecule has 0 heterocycles. The molecule has 13 heavy (non-hydrogen) atoms. The van der Waals surface area contributed by atoms with Crippen LogP contribution in [0.1, 0.15) is 25.7 Å². The predicted molar refractivity (Wildman–Crippen MR) is 51.2 cm³/mol. The van der Waals surface area contributed by atoms with E-state index >= 15 is 0 Å². The van der Waals surface area contributed by atoms with Gasteiger partial charge in [0.1, 0.15) is 6.61 Å². The number of aliphatic hydroxyl groups is 1. The largest absolute Gasteiger partial charge is 0.387 e. The standard InChI is InChI=1S/C10H17NO2/c1-8-2-4-9(5-3-8)6-11-10(13)7-12/h9,12H,1-7H2,(H,11,13). The van der Waals surface area contributed by atoms with E-state index in [1.165, 1.54) is 5.57 Å². The van der Waals surface area contributed by atoms with Crippen LogP contribution in [0.25, 0.3) is 0 Å². The Hall–Kier alpha value is -0.830. The number of carbonyl (C=O) groups is 1. The van der Waals surface area contributed by atoms with Crippen molar-refractivity contribution in [2.45, 2.75) is 25.7 Å². The van der Waals surface area contributed by atoms with E-state index in [4.69, 9.17) is 5.11 Å². The van der Waals surface area contributed by atoms with E-state index in [1.54, 1.807) is 0 Å². The lowest BCUT2D eigenvalue weighted by Crippen LogP contribution is -2.32. The summed E-state index contributed by atoms with van der Waals surface area (Å²) in [4.78, 5) is 10.7. The lowest BCUT2D eigenvalue weighted by Gasteiger charge is -2.23. The third kappa shape index (κ3) is 3.59. The van der Waals surface area contributed by atoms with Crippen LogP contribution in [-0.4, -0.2) is 24.2 Å². The van der Waals surface area contributed by atoms with Gasteiger partial charge in [-0.05, 0) is 31.6 Å². The normalized spacial score (nSPS) is 18.7. The summed E-state index contributed by atoms with van der Waals surface area (Å²) in [7, 11) is 0. The zero-order valence-corrected chi connectivity index (χ0v) is 7.88. The van der Waals surface area contributed by atoms with Crippen molar-refractivity contribution in [2.75, 3.05) is 13.2 Å². The van der Waals surface area contributed by atoms with Gasteiger partial charge in [-0.25, -0.2) is 0 Å². The minimum absolute atomic E-state index is 0.274. The minimum atomic E-state index is -0.403. The molecule has 1 aliphatic rings. The first-order valence-corrected chi connectivity index (χ1v) is 4.76. The van der Waals surface area contributed by atoms with E-state index in [9.17, 15) is 4.79 Å². The van der Waals surface area contributed by atoms with E-state index in [-0.39, 0.29) is 5.91 Å². The Morgan fingerprint density at radius 1 is 1.54 bits per heavy atom. The molecule has 0 unspecified atom stereocenters. The first kappa shape index (κ1) is 10.3. The highest BCUT2D eigenvalue weighted by Crippen LogP contribution is 2.26. The summed E-state index contributed by atoms with van der Waals surface area (Å²) in [6.07, 6.45) is 4.40. The minimum Gasteiger partial charge on any atom is -0.387 e. The van der Waals surface area contributed by atoms with Crippen molar-refractivity contribution < 1.29 is 9.90 Å². The molecule has 0 aliphatic heterocycles. The molecule has 1 aliphatic carbocycles. The molecular weight excluding hydrogens is 166 g/mol. The molecule has 0 aromatic heterocycles. The second-order valence-electron chi connectivity index (χ2n) is 3.66. The maximum atomic E-state index is 10.7. The zero-order valence-electron chi connectivity index (χ0n) is 7.88. The van der Waals surface area contributed by atoms with Gasteiger partial charge in [0.25, 0.3) is 0 Å². The van der Waals surface area contributed by atoms with E-state index in [1.807, 2.05) is 0 Å². The number of amides is 1. The zero-order chi connectivity index (χ0) is 9.68. The molecule has 0 saturated heterocycles. The van der Waals surface area contributed by atoms with Crippen LogP contribution in [0.4, 0.5) is 0 Å². The molecule has 74 valence electrons. The fourth-order valence-electron chi connectivity index (χ4n) is 1.60. The molecule has 2 N–H and O–H groups in total. The van der Waals surface area contributed by atoms with Gasteiger partial charge in [-0.1, -0.05) is 12.2 Å². The maximum Gasteiger partial charge on any atom is 0.245 e. The number of nitrogens with one attached hydrogen (secondary N) is 1. The van der Waals surface area contributed by atoms with Crippen LogP contribution in [0, 0.1) is 5.92 Å². The average molecular weight is 183 g/mol. The van der Waals surface area contributed by atoms with E-state index < -0.39 is 6.61 Å². The van der Waals surface area contributed by atoms with Gasteiger partial charge in [0.2, 0.25) is 5.91 Å². The predicted octanol–water partition coefficient (Wildman–Crippen LogP) is 0.841. The molecule has 0 radical (unpaired) electrons. The summed E-state index contributed by atoms with van der Waals surface area (Å²) in [5.41, 5.74) is 1.32. The number of rotatable bonds is 3. The lowest BCUT2D eigenvalue weighted by atomic mass is 9.86. The first-order valence-electron chi connectivity index (χ1n) is 4.76. The van der Waals surface area contributed by atoms with Crippen LogP contribution in [0.5, 0.6) is 0 Å². The van der Waals surface area contributed by atoms with E-state index in [0.717, 1.165) is 25.7 Å². The van der Waals surface area contributed by atoms with Crippen molar-refractivity contribution in [3.63, 3.8) is 0 Å². The molecular formula is C10H17NO2. The topological polar surface area (TPSA) is 49.3 Å². The summed E-state index contributed by atoms with van der Waals surface area (Å²) in [5, 5.41) is 11.2. The summed E-state index contributed by atoms with van der Waals surface area (Å²) in [6, 6.07) is 0. The van der Waals surface area contributed by atoms with Crippen LogP contribution in [0.2, 0.25) is 0 Å². The summed E-state index contributed by atoms with van der Waals surface area (Å²) in [5.74, 6) is 0.297. The van der Waals surface area contributed by atoms with Gasteiger partial charge in [-0.15, -0.1) is 0 Å². The van der Waals surface area contributed by atoms with Crippen molar-refractivity contribution in [1.29, 1.82) is 0 Å². The molecule has 0 spiro atoms. The van der Waals surface area contributed by atoms with Crippen LogP contribution in [0.15, 0.2) is 12.2 Å². The molecule has 1 rings (SSSR count). The number of aliphatic hydroxyl groups excluding tert-OH is 1. The number of hydrogen-bond acceptors (Lipinski definition) is 2. The van der Waals surface area contributed by atoms with Gasteiger partial charge in [0.05, 0.1) is 0 Å². The van der Waals surface area contributed by atoms with Gasteiger partial charge in [0, 0.05) is 6.54 Å². The Morgan fingerprint density at radius 2 is 2.15 bits per heavy atom. The van der Waals surface area contributed by atoms with Crippen molar-refractivity contribution in [1.82, 2.24) is 5.32 Å². The number of carbonyl (C=O) groups excluding carboxylic acids is 1. The highest BCUT2D eigenvalue weighted by molar-refractivity contribution is 5.76. The van der Waals surface area contributed by atoms with E-state index in [2.05, 4.69) is 11.9 Å². The van der Waals surface area contributed by atoms with Crippen molar-refractivity contribution in [2.24, 2.45) is 5.92 Å². The molecule has 1 fully saturated rings. The second-order valence-corrected chi connectivity index (χ2v) is 3.66. The molecule has 0 atom stereocenters. The molecule has 1 saturated carbocycles. The summed E-state index contributed by atoms with van der Waals surface area (Å²) < 4.78 is 0. The smallest absolute Gasteiger partial charge is 0.245 e. The fourth-order valence-corrected chi connectivity index (χ4v) is 1.60. The average Bonchev–Trinajstić information content (AvgIpc) is 2.16. The Labute approximate surface area is 78.8 Å². The van der Waals surface area contributed by atoms with Crippen LogP contribution >= 0.6 is 0 Å². The molecule has 0 aromatic carbocycles. The van der Waals surface area contributed by atoms with Crippen molar-refractivity contribution in [3.05, 3.63) is 12.2 Å². The molecule has 1 amide bonds. The fraction of sp³-hybridized carbons (Fsp3) is 0.700. The SMILES string of the molecule is C=C1CCC(CNC(=O)CO)CC1. The number of hydrogen-bond donors (Lipinski definition) is 2. The van der Waals surface area contributed by atoms with Crippen molar-refractivity contribution >= 4 is 5.91 Å². The van der Waals surface area contributed by atoms with Gasteiger partial charge in [-0.3, -0.25) is 4.79 Å². The highest BCUT2D eigenvalue weighted by atomic mass is 16.3. The molecule has 3 nitrogen and oxygen atoms in total. The summed E-state index contributed by atoms with van der Waals surface area (Å²) in [6.45, 7) is 4.23. The van der Waals surface area contributed by atoms with Gasteiger partial charge in [-0.2, -0.15) is 0 Å². The van der Waals surface area contributed by atoms with Gasteiger partial charge in [0.15, 0.2) is 0 Å². The Balaban J connectivity index is 2.15. The third-order valence-corrected chi connectivity index (χ3v) is 2.54. The first-order chi connectivity index (χ1) is 6.22. The molecule has 0 aromatic rings. The maximum absolute atomic E-state index is 10.7.